The normalized spacial score (nSPS) is 11.0. The number of methoxy groups -OCH3 is 2. The molecule has 0 atom stereocenters. The van der Waals surface area contributed by atoms with E-state index in [0.29, 0.717) is 17.4 Å². The van der Waals surface area contributed by atoms with Crippen LogP contribution in [0.3, 0.4) is 0 Å². The lowest BCUT2D eigenvalue weighted by Gasteiger charge is -2.12. The molecule has 5 aromatic rings. The minimum atomic E-state index is -5.08. The topological polar surface area (TPSA) is 114 Å². The van der Waals surface area contributed by atoms with Crippen molar-refractivity contribution in [3.05, 3.63) is 113 Å². The lowest BCUT2D eigenvalue weighted by Crippen LogP contribution is -2.21. The molecule has 0 saturated heterocycles. The fourth-order valence-electron chi connectivity index (χ4n) is 4.29. The number of alkyl halides is 3. The highest BCUT2D eigenvalue weighted by Crippen LogP contribution is 2.33. The average molecular weight is 592 g/mol. The standard InChI is InChI=1S/C30H27N3O3.C2HF3O2/c1-35-27-13-10-21(16-28(27)36-2)19-31-18-20-8-11-23(12-9-20)29-24(22-6-4-3-5-7-22)17-25-26(33-29)14-15-32-30(25)34;3-2(4,5)1(6)7/h3-17,31H,18-19H2,1-2H3,(H,32,34);(H,6,7). The monoisotopic (exact) mass is 591 g/mol. The molecule has 3 N–H and O–H groups in total. The lowest BCUT2D eigenvalue weighted by atomic mass is 9.97. The Labute approximate surface area is 244 Å². The van der Waals surface area contributed by atoms with Crippen LogP contribution in [0.15, 0.2) is 95.9 Å². The first-order valence-corrected chi connectivity index (χ1v) is 13.0. The van der Waals surface area contributed by atoms with Gasteiger partial charge in [0.1, 0.15) is 0 Å². The Kier molecular flexibility index (Phi) is 9.79. The number of aliphatic carboxylic acids is 1. The molecule has 8 nitrogen and oxygen atoms in total. The number of nitrogens with zero attached hydrogens (tertiary/aromatic N) is 1. The van der Waals surface area contributed by atoms with E-state index in [1.165, 1.54) is 0 Å². The van der Waals surface area contributed by atoms with E-state index in [1.807, 2.05) is 60.7 Å². The molecule has 11 heteroatoms. The van der Waals surface area contributed by atoms with Crippen molar-refractivity contribution >= 4 is 16.9 Å². The molecule has 0 aliphatic rings. The number of hydrogen-bond acceptors (Lipinski definition) is 6. The number of carbonyl (C=O) groups is 1. The van der Waals surface area contributed by atoms with E-state index in [4.69, 9.17) is 24.4 Å². The van der Waals surface area contributed by atoms with Gasteiger partial charge in [0, 0.05) is 30.4 Å². The van der Waals surface area contributed by atoms with Gasteiger partial charge in [0.15, 0.2) is 11.5 Å². The maximum atomic E-state index is 12.4. The van der Waals surface area contributed by atoms with E-state index in [1.54, 1.807) is 20.4 Å². The van der Waals surface area contributed by atoms with Gasteiger partial charge in [-0.2, -0.15) is 13.2 Å². The zero-order valence-electron chi connectivity index (χ0n) is 23.2. The molecule has 0 aliphatic heterocycles. The Morgan fingerprint density at radius 2 is 1.49 bits per heavy atom. The molecule has 2 heterocycles. The van der Waals surface area contributed by atoms with E-state index < -0.39 is 12.1 Å². The summed E-state index contributed by atoms with van der Waals surface area (Å²) >= 11 is 0. The molecular weight excluding hydrogens is 563 g/mol. The number of rotatable bonds is 8. The number of H-pyrrole nitrogens is 1. The number of carboxylic acid groups (broad SMARTS) is 1. The highest BCUT2D eigenvalue weighted by atomic mass is 19.4. The van der Waals surface area contributed by atoms with Gasteiger partial charge in [0.2, 0.25) is 0 Å². The first-order valence-electron chi connectivity index (χ1n) is 13.0. The minimum absolute atomic E-state index is 0.139. The molecule has 2 aromatic heterocycles. The number of aromatic amines is 1. The molecule has 0 aliphatic carbocycles. The maximum absolute atomic E-state index is 12.4. The van der Waals surface area contributed by atoms with Gasteiger partial charge in [0.05, 0.1) is 30.8 Å². The van der Waals surface area contributed by atoms with Gasteiger partial charge in [-0.1, -0.05) is 60.7 Å². The molecule has 222 valence electrons. The van der Waals surface area contributed by atoms with Gasteiger partial charge in [-0.25, -0.2) is 9.78 Å². The summed E-state index contributed by atoms with van der Waals surface area (Å²) in [6.07, 6.45) is -3.45. The summed E-state index contributed by atoms with van der Waals surface area (Å²) in [6, 6.07) is 28.1. The number of hydrogen-bond donors (Lipinski definition) is 3. The van der Waals surface area contributed by atoms with E-state index in [9.17, 15) is 18.0 Å². The molecule has 0 amide bonds. The van der Waals surface area contributed by atoms with Crippen molar-refractivity contribution in [2.45, 2.75) is 19.3 Å². The lowest BCUT2D eigenvalue weighted by molar-refractivity contribution is -0.192. The van der Waals surface area contributed by atoms with Crippen LogP contribution in [-0.2, 0) is 17.9 Å². The number of fused-ring (bicyclic) bond motifs is 1. The molecule has 0 saturated carbocycles. The predicted octanol–water partition coefficient (Wildman–Crippen LogP) is 6.20. The fourth-order valence-corrected chi connectivity index (χ4v) is 4.29. The van der Waals surface area contributed by atoms with E-state index >= 15 is 0 Å². The van der Waals surface area contributed by atoms with Crippen LogP contribution in [0.2, 0.25) is 0 Å². The van der Waals surface area contributed by atoms with Crippen LogP contribution in [0, 0.1) is 0 Å². The zero-order valence-corrected chi connectivity index (χ0v) is 23.2. The Balaban J connectivity index is 0.000000541. The number of benzene rings is 3. The van der Waals surface area contributed by atoms with Gasteiger partial charge in [-0.05, 0) is 41.0 Å². The van der Waals surface area contributed by atoms with Crippen molar-refractivity contribution in [2.24, 2.45) is 0 Å². The molecular formula is C32H28F3N3O5. The van der Waals surface area contributed by atoms with Crippen molar-refractivity contribution in [1.29, 1.82) is 0 Å². The Bertz CT molecular complexity index is 1760. The second kappa shape index (κ2) is 13.7. The summed E-state index contributed by atoms with van der Waals surface area (Å²) < 4.78 is 42.4. The highest BCUT2D eigenvalue weighted by Gasteiger charge is 2.38. The third-order valence-electron chi connectivity index (χ3n) is 6.41. The Morgan fingerprint density at radius 3 is 2.12 bits per heavy atom. The summed E-state index contributed by atoms with van der Waals surface area (Å²) in [6.45, 7) is 1.43. The van der Waals surface area contributed by atoms with Gasteiger partial charge in [0.25, 0.3) is 5.56 Å². The Morgan fingerprint density at radius 1 is 0.860 bits per heavy atom. The van der Waals surface area contributed by atoms with E-state index in [-0.39, 0.29) is 5.56 Å². The number of ether oxygens (including phenoxy) is 2. The van der Waals surface area contributed by atoms with Crippen LogP contribution in [0.1, 0.15) is 11.1 Å². The SMILES string of the molecule is COc1ccc(CNCc2ccc(-c3nc4cc[nH]c(=O)c4cc3-c3ccccc3)cc2)cc1OC.O=C(O)C(F)(F)F. The third-order valence-corrected chi connectivity index (χ3v) is 6.41. The molecule has 5 rings (SSSR count). The molecule has 0 fully saturated rings. The predicted molar refractivity (Wildman–Crippen MR) is 157 cm³/mol. The number of aromatic nitrogens is 2. The van der Waals surface area contributed by atoms with Crippen LogP contribution in [0.5, 0.6) is 11.5 Å². The molecule has 0 radical (unpaired) electrons. The molecule has 3 aromatic carbocycles. The van der Waals surface area contributed by atoms with Crippen LogP contribution in [0.4, 0.5) is 13.2 Å². The number of carboxylic acids is 1. The largest absolute Gasteiger partial charge is 0.493 e. The van der Waals surface area contributed by atoms with Crippen LogP contribution in [0.25, 0.3) is 33.3 Å². The first-order chi connectivity index (χ1) is 20.6. The van der Waals surface area contributed by atoms with Gasteiger partial charge >= 0.3 is 12.1 Å². The number of nitrogens with one attached hydrogen (secondary N) is 2. The molecule has 43 heavy (non-hydrogen) atoms. The molecule has 0 unspecified atom stereocenters. The fraction of sp³-hybridized carbons (Fsp3) is 0.156. The zero-order chi connectivity index (χ0) is 31.0. The summed E-state index contributed by atoms with van der Waals surface area (Å²) in [5, 5.41) is 11.2. The van der Waals surface area contributed by atoms with Gasteiger partial charge < -0.3 is 24.9 Å². The Hall–Kier alpha value is -5.16. The van der Waals surface area contributed by atoms with E-state index in [0.717, 1.165) is 51.6 Å². The summed E-state index contributed by atoms with van der Waals surface area (Å²) in [4.78, 5) is 28.9. The minimum Gasteiger partial charge on any atom is -0.493 e. The summed E-state index contributed by atoms with van der Waals surface area (Å²) in [5.41, 5.74) is 6.62. The molecule has 0 spiro atoms. The second-order valence-electron chi connectivity index (χ2n) is 9.28. The maximum Gasteiger partial charge on any atom is 0.490 e. The first kappa shape index (κ1) is 30.8. The number of pyridine rings is 2. The molecule has 0 bridgehead atoms. The highest BCUT2D eigenvalue weighted by molar-refractivity contribution is 5.91. The average Bonchev–Trinajstić information content (AvgIpc) is 3.01. The van der Waals surface area contributed by atoms with Crippen LogP contribution < -0.4 is 20.3 Å². The quantitative estimate of drug-likeness (QED) is 0.197. The van der Waals surface area contributed by atoms with Crippen molar-refractivity contribution in [2.75, 3.05) is 14.2 Å². The third kappa shape index (κ3) is 7.77. The van der Waals surface area contributed by atoms with Crippen molar-refractivity contribution < 1.29 is 32.5 Å². The summed E-state index contributed by atoms with van der Waals surface area (Å²) in [7, 11) is 3.28. The van der Waals surface area contributed by atoms with Crippen molar-refractivity contribution in [3.63, 3.8) is 0 Å². The van der Waals surface area contributed by atoms with Crippen molar-refractivity contribution in [1.82, 2.24) is 15.3 Å². The van der Waals surface area contributed by atoms with Gasteiger partial charge in [-0.15, -0.1) is 0 Å². The number of halogens is 3. The van der Waals surface area contributed by atoms with Crippen LogP contribution in [-0.4, -0.2) is 41.4 Å². The van der Waals surface area contributed by atoms with Gasteiger partial charge in [-0.3, -0.25) is 4.79 Å². The summed E-state index contributed by atoms with van der Waals surface area (Å²) in [5.74, 6) is -1.31. The van der Waals surface area contributed by atoms with Crippen LogP contribution >= 0.6 is 0 Å². The van der Waals surface area contributed by atoms with E-state index in [2.05, 4.69) is 34.6 Å². The van der Waals surface area contributed by atoms with Crippen molar-refractivity contribution in [3.8, 4) is 33.9 Å². The second-order valence-corrected chi connectivity index (χ2v) is 9.28. The smallest absolute Gasteiger partial charge is 0.490 e.